The van der Waals surface area contributed by atoms with Crippen LogP contribution in [0.1, 0.15) is 19.3 Å². The van der Waals surface area contributed by atoms with Gasteiger partial charge in [0, 0.05) is 20.1 Å². The maximum absolute atomic E-state index is 12.2. The molecule has 0 aromatic rings. The van der Waals surface area contributed by atoms with Gasteiger partial charge in [-0.3, -0.25) is 4.79 Å². The average Bonchev–Trinajstić information content (AvgIpc) is 2.97. The molecule has 2 heterocycles. The van der Waals surface area contributed by atoms with Gasteiger partial charge in [0.2, 0.25) is 0 Å². The monoisotopic (exact) mass is 270 g/mol. The molecule has 0 spiro atoms. The molecule has 108 valence electrons. The van der Waals surface area contributed by atoms with Crippen LogP contribution in [0.2, 0.25) is 0 Å². The van der Waals surface area contributed by atoms with Crippen molar-refractivity contribution in [1.82, 2.24) is 9.80 Å². The summed E-state index contributed by atoms with van der Waals surface area (Å²) >= 11 is 0. The van der Waals surface area contributed by atoms with Gasteiger partial charge in [-0.15, -0.1) is 0 Å². The van der Waals surface area contributed by atoms with E-state index < -0.39 is 18.2 Å². The lowest BCUT2D eigenvalue weighted by Gasteiger charge is -2.24. The van der Waals surface area contributed by atoms with Crippen LogP contribution in [-0.2, 0) is 14.3 Å². The Labute approximate surface area is 113 Å². The zero-order valence-corrected chi connectivity index (χ0v) is 11.5. The molecule has 0 aromatic heterocycles. The second kappa shape index (κ2) is 5.88. The highest BCUT2D eigenvalue weighted by molar-refractivity contribution is 5.82. The second-order valence-corrected chi connectivity index (χ2v) is 5.66. The van der Waals surface area contributed by atoms with Crippen molar-refractivity contribution in [2.24, 2.45) is 5.92 Å². The van der Waals surface area contributed by atoms with Gasteiger partial charge in [0.05, 0.1) is 0 Å². The summed E-state index contributed by atoms with van der Waals surface area (Å²) in [5.41, 5.74) is 0. The quantitative estimate of drug-likeness (QED) is 0.780. The van der Waals surface area contributed by atoms with E-state index in [2.05, 4.69) is 11.9 Å². The minimum atomic E-state index is -0.977. The van der Waals surface area contributed by atoms with E-state index in [1.54, 1.807) is 11.9 Å². The molecule has 6 nitrogen and oxygen atoms in total. The zero-order chi connectivity index (χ0) is 14.0. The fourth-order valence-electron chi connectivity index (χ4n) is 2.90. The molecule has 19 heavy (non-hydrogen) atoms. The number of rotatable bonds is 4. The highest BCUT2D eigenvalue weighted by Crippen LogP contribution is 2.22. The normalized spacial score (nSPS) is 31.6. The predicted molar refractivity (Wildman–Crippen MR) is 68.8 cm³/mol. The van der Waals surface area contributed by atoms with Gasteiger partial charge in [0.15, 0.2) is 6.10 Å². The van der Waals surface area contributed by atoms with Crippen LogP contribution in [0.25, 0.3) is 0 Å². The van der Waals surface area contributed by atoms with Gasteiger partial charge in [0.25, 0.3) is 5.91 Å². The molecule has 0 bridgehead atoms. The summed E-state index contributed by atoms with van der Waals surface area (Å²) < 4.78 is 5.29. The molecule has 0 aliphatic carbocycles. The SMILES string of the molecule is CN1CCC(CN(C)C(=O)C2CCC(C(=O)O)O2)C1. The summed E-state index contributed by atoms with van der Waals surface area (Å²) in [6.45, 7) is 2.81. The molecule has 3 atom stereocenters. The molecule has 2 saturated heterocycles. The molecule has 2 fully saturated rings. The number of likely N-dealkylation sites (N-methyl/N-ethyl adjacent to an activating group) is 1. The standard InChI is InChI=1S/C13H22N2O4/c1-14-6-5-9(7-14)8-15(2)12(16)10-3-4-11(19-10)13(17)18/h9-11H,3-8H2,1-2H3,(H,17,18). The first kappa shape index (κ1) is 14.3. The molecule has 3 unspecified atom stereocenters. The minimum Gasteiger partial charge on any atom is -0.479 e. The Morgan fingerprint density at radius 2 is 2.00 bits per heavy atom. The predicted octanol–water partition coefficient (Wildman–Crippen LogP) is 0.0287. The maximum Gasteiger partial charge on any atom is 0.332 e. The van der Waals surface area contributed by atoms with E-state index in [-0.39, 0.29) is 5.91 Å². The summed E-state index contributed by atoms with van der Waals surface area (Å²) in [5.74, 6) is -0.552. The van der Waals surface area contributed by atoms with Gasteiger partial charge in [-0.1, -0.05) is 0 Å². The molecule has 2 aliphatic heterocycles. The smallest absolute Gasteiger partial charge is 0.332 e. The van der Waals surface area contributed by atoms with E-state index in [4.69, 9.17) is 9.84 Å². The van der Waals surface area contributed by atoms with Crippen LogP contribution >= 0.6 is 0 Å². The number of amides is 1. The fraction of sp³-hybridized carbons (Fsp3) is 0.846. The van der Waals surface area contributed by atoms with Crippen LogP contribution in [0, 0.1) is 5.92 Å². The molecule has 0 saturated carbocycles. The summed E-state index contributed by atoms with van der Waals surface area (Å²) in [6.07, 6.45) is 0.638. The fourth-order valence-corrected chi connectivity index (χ4v) is 2.90. The molecule has 1 N–H and O–H groups in total. The third-order valence-electron chi connectivity index (χ3n) is 3.97. The van der Waals surface area contributed by atoms with Gasteiger partial charge in [-0.05, 0) is 38.8 Å². The van der Waals surface area contributed by atoms with Crippen molar-refractivity contribution in [3.8, 4) is 0 Å². The minimum absolute atomic E-state index is 0.0849. The third kappa shape index (κ3) is 3.45. The lowest BCUT2D eigenvalue weighted by atomic mass is 10.1. The van der Waals surface area contributed by atoms with Crippen LogP contribution in [0.15, 0.2) is 0 Å². The number of likely N-dealkylation sites (tertiary alicyclic amines) is 1. The van der Waals surface area contributed by atoms with E-state index in [1.165, 1.54) is 0 Å². The summed E-state index contributed by atoms with van der Waals surface area (Å²) in [4.78, 5) is 26.9. The molecule has 0 aromatic carbocycles. The van der Waals surface area contributed by atoms with Crippen molar-refractivity contribution in [3.63, 3.8) is 0 Å². The van der Waals surface area contributed by atoms with Crippen LogP contribution in [0.4, 0.5) is 0 Å². The van der Waals surface area contributed by atoms with Crippen LogP contribution in [0.5, 0.6) is 0 Å². The third-order valence-corrected chi connectivity index (χ3v) is 3.97. The molecular weight excluding hydrogens is 248 g/mol. The Morgan fingerprint density at radius 1 is 1.32 bits per heavy atom. The van der Waals surface area contributed by atoms with E-state index in [1.807, 2.05) is 0 Å². The second-order valence-electron chi connectivity index (χ2n) is 5.66. The Bertz CT molecular complexity index is 361. The summed E-state index contributed by atoms with van der Waals surface area (Å²) in [5, 5.41) is 8.85. The number of ether oxygens (including phenoxy) is 1. The number of hydrogen-bond acceptors (Lipinski definition) is 4. The Balaban J connectivity index is 1.81. The summed E-state index contributed by atoms with van der Waals surface area (Å²) in [6, 6.07) is 0. The van der Waals surface area contributed by atoms with Crippen molar-refractivity contribution in [1.29, 1.82) is 0 Å². The highest BCUT2D eigenvalue weighted by atomic mass is 16.5. The highest BCUT2D eigenvalue weighted by Gasteiger charge is 2.36. The Hall–Kier alpha value is -1.14. The van der Waals surface area contributed by atoms with Gasteiger partial charge in [-0.25, -0.2) is 4.79 Å². The van der Waals surface area contributed by atoms with Crippen molar-refractivity contribution in [2.45, 2.75) is 31.5 Å². The van der Waals surface area contributed by atoms with Gasteiger partial charge in [0.1, 0.15) is 6.10 Å². The van der Waals surface area contributed by atoms with Crippen LogP contribution in [-0.4, -0.2) is 72.7 Å². The lowest BCUT2D eigenvalue weighted by Crippen LogP contribution is -2.40. The van der Waals surface area contributed by atoms with Crippen molar-refractivity contribution in [3.05, 3.63) is 0 Å². The van der Waals surface area contributed by atoms with Crippen LogP contribution < -0.4 is 0 Å². The molecule has 2 rings (SSSR count). The number of carboxylic acids is 1. The first-order valence-corrected chi connectivity index (χ1v) is 6.79. The van der Waals surface area contributed by atoms with E-state index in [9.17, 15) is 9.59 Å². The Morgan fingerprint density at radius 3 is 2.53 bits per heavy atom. The first-order chi connectivity index (χ1) is 8.97. The topological polar surface area (TPSA) is 70.1 Å². The number of carbonyl (C=O) groups excluding carboxylic acids is 1. The largest absolute Gasteiger partial charge is 0.479 e. The van der Waals surface area contributed by atoms with Crippen LogP contribution in [0.3, 0.4) is 0 Å². The number of carbonyl (C=O) groups is 2. The van der Waals surface area contributed by atoms with E-state index >= 15 is 0 Å². The molecule has 6 heteroatoms. The lowest BCUT2D eigenvalue weighted by molar-refractivity contribution is -0.154. The molecule has 2 aliphatic rings. The molecule has 0 radical (unpaired) electrons. The van der Waals surface area contributed by atoms with Gasteiger partial charge >= 0.3 is 5.97 Å². The Kier molecular flexibility index (Phi) is 4.42. The average molecular weight is 270 g/mol. The van der Waals surface area contributed by atoms with E-state index in [0.29, 0.717) is 18.8 Å². The molecular formula is C13H22N2O4. The van der Waals surface area contributed by atoms with E-state index in [0.717, 1.165) is 26.1 Å². The number of carboxylic acid groups (broad SMARTS) is 1. The number of aliphatic carboxylic acids is 1. The van der Waals surface area contributed by atoms with Crippen molar-refractivity contribution < 1.29 is 19.4 Å². The number of hydrogen-bond donors (Lipinski definition) is 1. The van der Waals surface area contributed by atoms with Gasteiger partial charge in [-0.2, -0.15) is 0 Å². The first-order valence-electron chi connectivity index (χ1n) is 6.79. The maximum atomic E-state index is 12.2. The van der Waals surface area contributed by atoms with Gasteiger partial charge < -0.3 is 19.6 Å². The number of nitrogens with zero attached hydrogens (tertiary/aromatic N) is 2. The molecule has 1 amide bonds. The van der Waals surface area contributed by atoms with Crippen molar-refractivity contribution in [2.75, 3.05) is 33.7 Å². The zero-order valence-electron chi connectivity index (χ0n) is 11.5. The summed E-state index contributed by atoms with van der Waals surface area (Å²) in [7, 11) is 3.86. The van der Waals surface area contributed by atoms with Crippen molar-refractivity contribution >= 4 is 11.9 Å².